The molecule has 2 unspecified atom stereocenters. The van der Waals surface area contributed by atoms with E-state index < -0.39 is 11.8 Å². The second kappa shape index (κ2) is 6.25. The predicted molar refractivity (Wildman–Crippen MR) is 77.6 cm³/mol. The van der Waals surface area contributed by atoms with Crippen molar-refractivity contribution in [3.63, 3.8) is 0 Å². The number of carboxylic acid groups (broad SMARTS) is 1. The smallest absolute Gasteiger partial charge is 0.337 e. The van der Waals surface area contributed by atoms with Crippen LogP contribution in [0.3, 0.4) is 0 Å². The summed E-state index contributed by atoms with van der Waals surface area (Å²) in [4.78, 5) is 11.2. The van der Waals surface area contributed by atoms with E-state index in [1.54, 1.807) is 0 Å². The van der Waals surface area contributed by atoms with Crippen LogP contribution in [-0.2, 0) is 0 Å². The highest BCUT2D eigenvalue weighted by atomic mass is 19.1. The molecule has 1 saturated carbocycles. The standard InChI is InChI=1S/C16H22FNO2/c1-10(2)11-6-3-4-9-14(11)18-15-12(16(19)20)7-5-8-13(15)17/h5,7-8,10-11,14,18H,3-4,6,9H2,1-2H3,(H,19,20). The zero-order valence-electron chi connectivity index (χ0n) is 12.0. The highest BCUT2D eigenvalue weighted by Gasteiger charge is 2.29. The van der Waals surface area contributed by atoms with Crippen molar-refractivity contribution in [1.29, 1.82) is 0 Å². The summed E-state index contributed by atoms with van der Waals surface area (Å²) in [5.41, 5.74) is 0.149. The number of aromatic carboxylic acids is 1. The summed E-state index contributed by atoms with van der Waals surface area (Å²) < 4.78 is 14.0. The van der Waals surface area contributed by atoms with E-state index in [1.165, 1.54) is 24.6 Å². The number of benzene rings is 1. The van der Waals surface area contributed by atoms with Gasteiger partial charge in [-0.3, -0.25) is 0 Å². The van der Waals surface area contributed by atoms with E-state index in [9.17, 15) is 14.3 Å². The molecule has 1 aromatic rings. The normalized spacial score (nSPS) is 22.8. The number of nitrogens with one attached hydrogen (secondary N) is 1. The summed E-state index contributed by atoms with van der Waals surface area (Å²) >= 11 is 0. The van der Waals surface area contributed by atoms with Gasteiger partial charge in [0.1, 0.15) is 5.82 Å². The Hall–Kier alpha value is -1.58. The van der Waals surface area contributed by atoms with Gasteiger partial charge in [-0.25, -0.2) is 9.18 Å². The quantitative estimate of drug-likeness (QED) is 0.870. The minimum atomic E-state index is -1.09. The molecular formula is C16H22FNO2. The summed E-state index contributed by atoms with van der Waals surface area (Å²) in [6.07, 6.45) is 4.39. The minimum Gasteiger partial charge on any atom is -0.478 e. The molecule has 2 rings (SSSR count). The van der Waals surface area contributed by atoms with Crippen molar-refractivity contribution < 1.29 is 14.3 Å². The lowest BCUT2D eigenvalue weighted by Crippen LogP contribution is -2.36. The monoisotopic (exact) mass is 279 g/mol. The van der Waals surface area contributed by atoms with E-state index in [1.807, 2.05) is 0 Å². The van der Waals surface area contributed by atoms with Crippen LogP contribution in [0.25, 0.3) is 0 Å². The first-order valence-corrected chi connectivity index (χ1v) is 7.29. The van der Waals surface area contributed by atoms with Gasteiger partial charge in [0.2, 0.25) is 0 Å². The average molecular weight is 279 g/mol. The summed E-state index contributed by atoms with van der Waals surface area (Å²) in [6.45, 7) is 4.34. The largest absolute Gasteiger partial charge is 0.478 e. The number of carbonyl (C=O) groups is 1. The number of hydrogen-bond acceptors (Lipinski definition) is 2. The van der Waals surface area contributed by atoms with Gasteiger partial charge in [0, 0.05) is 6.04 Å². The third kappa shape index (κ3) is 3.11. The molecule has 1 aliphatic carbocycles. The van der Waals surface area contributed by atoms with Crippen LogP contribution < -0.4 is 5.32 Å². The van der Waals surface area contributed by atoms with Crippen molar-refractivity contribution in [3.05, 3.63) is 29.6 Å². The lowest BCUT2D eigenvalue weighted by molar-refractivity contribution is 0.0697. The van der Waals surface area contributed by atoms with E-state index in [2.05, 4.69) is 19.2 Å². The van der Waals surface area contributed by atoms with Crippen molar-refractivity contribution in [2.24, 2.45) is 11.8 Å². The third-order valence-electron chi connectivity index (χ3n) is 4.25. The average Bonchev–Trinajstić information content (AvgIpc) is 2.41. The molecule has 0 heterocycles. The second-order valence-electron chi connectivity index (χ2n) is 5.91. The first-order chi connectivity index (χ1) is 9.50. The Morgan fingerprint density at radius 3 is 2.70 bits per heavy atom. The fourth-order valence-electron chi connectivity index (χ4n) is 3.17. The van der Waals surface area contributed by atoms with Gasteiger partial charge in [0.25, 0.3) is 0 Å². The molecule has 4 heteroatoms. The number of carboxylic acids is 1. The molecule has 20 heavy (non-hydrogen) atoms. The molecular weight excluding hydrogens is 257 g/mol. The Bertz CT molecular complexity index is 487. The Labute approximate surface area is 119 Å². The van der Waals surface area contributed by atoms with E-state index in [-0.39, 0.29) is 17.3 Å². The van der Waals surface area contributed by atoms with Crippen molar-refractivity contribution in [2.75, 3.05) is 5.32 Å². The van der Waals surface area contributed by atoms with Crippen LogP contribution in [-0.4, -0.2) is 17.1 Å². The maximum absolute atomic E-state index is 14.0. The molecule has 2 atom stereocenters. The van der Waals surface area contributed by atoms with Crippen LogP contribution in [0.4, 0.5) is 10.1 Å². The van der Waals surface area contributed by atoms with E-state index in [4.69, 9.17) is 0 Å². The highest BCUT2D eigenvalue weighted by Crippen LogP contribution is 2.33. The fourth-order valence-corrected chi connectivity index (χ4v) is 3.17. The van der Waals surface area contributed by atoms with Gasteiger partial charge in [-0.1, -0.05) is 32.8 Å². The van der Waals surface area contributed by atoms with Gasteiger partial charge >= 0.3 is 5.97 Å². The number of anilines is 1. The molecule has 0 bridgehead atoms. The molecule has 0 aliphatic heterocycles. The minimum absolute atomic E-state index is 0.0121. The molecule has 3 nitrogen and oxygen atoms in total. The molecule has 1 fully saturated rings. The van der Waals surface area contributed by atoms with Crippen molar-refractivity contribution in [1.82, 2.24) is 0 Å². The van der Waals surface area contributed by atoms with Crippen LogP contribution in [0.2, 0.25) is 0 Å². The Morgan fingerprint density at radius 1 is 1.35 bits per heavy atom. The predicted octanol–water partition coefficient (Wildman–Crippen LogP) is 4.15. The summed E-state index contributed by atoms with van der Waals surface area (Å²) in [5.74, 6) is -0.611. The maximum atomic E-state index is 14.0. The molecule has 0 amide bonds. The number of para-hydroxylation sites is 1. The number of hydrogen-bond donors (Lipinski definition) is 2. The van der Waals surface area contributed by atoms with Gasteiger partial charge in [-0.15, -0.1) is 0 Å². The summed E-state index contributed by atoms with van der Waals surface area (Å²) in [6, 6.07) is 4.34. The third-order valence-corrected chi connectivity index (χ3v) is 4.25. The zero-order valence-corrected chi connectivity index (χ0v) is 12.0. The molecule has 0 radical (unpaired) electrons. The van der Waals surface area contributed by atoms with Crippen LogP contribution in [0.5, 0.6) is 0 Å². The Kier molecular flexibility index (Phi) is 4.63. The van der Waals surface area contributed by atoms with Crippen molar-refractivity contribution in [3.8, 4) is 0 Å². The van der Waals surface area contributed by atoms with Gasteiger partial charge in [-0.2, -0.15) is 0 Å². The summed E-state index contributed by atoms with van der Waals surface area (Å²) in [7, 11) is 0. The van der Waals surface area contributed by atoms with Gasteiger partial charge in [0.05, 0.1) is 11.3 Å². The SMILES string of the molecule is CC(C)C1CCCCC1Nc1c(F)cccc1C(=O)O. The Morgan fingerprint density at radius 2 is 2.05 bits per heavy atom. The molecule has 1 aliphatic rings. The van der Waals surface area contributed by atoms with E-state index in [0.717, 1.165) is 19.3 Å². The molecule has 0 saturated heterocycles. The summed E-state index contributed by atoms with van der Waals surface area (Å²) in [5, 5.41) is 12.4. The first-order valence-electron chi connectivity index (χ1n) is 7.29. The van der Waals surface area contributed by atoms with E-state index >= 15 is 0 Å². The Balaban J connectivity index is 2.26. The van der Waals surface area contributed by atoms with Crippen LogP contribution in [0, 0.1) is 17.7 Å². The molecule has 2 N–H and O–H groups in total. The molecule has 0 spiro atoms. The molecule has 110 valence electrons. The highest BCUT2D eigenvalue weighted by molar-refractivity contribution is 5.94. The molecule has 0 aromatic heterocycles. The van der Waals surface area contributed by atoms with Crippen molar-refractivity contribution >= 4 is 11.7 Å². The van der Waals surface area contributed by atoms with Gasteiger partial charge in [-0.05, 0) is 36.8 Å². The number of halogens is 1. The first kappa shape index (κ1) is 14.8. The second-order valence-corrected chi connectivity index (χ2v) is 5.91. The molecule has 1 aromatic carbocycles. The lowest BCUT2D eigenvalue weighted by atomic mass is 9.77. The van der Waals surface area contributed by atoms with E-state index in [0.29, 0.717) is 11.8 Å². The van der Waals surface area contributed by atoms with Crippen LogP contribution in [0.1, 0.15) is 49.9 Å². The number of rotatable bonds is 4. The van der Waals surface area contributed by atoms with Crippen molar-refractivity contribution in [2.45, 2.75) is 45.6 Å². The lowest BCUT2D eigenvalue weighted by Gasteiger charge is -2.35. The zero-order chi connectivity index (χ0) is 14.7. The topological polar surface area (TPSA) is 49.3 Å². The maximum Gasteiger partial charge on any atom is 0.337 e. The van der Waals surface area contributed by atoms with Gasteiger partial charge < -0.3 is 10.4 Å². The van der Waals surface area contributed by atoms with Crippen LogP contribution >= 0.6 is 0 Å². The van der Waals surface area contributed by atoms with Crippen LogP contribution in [0.15, 0.2) is 18.2 Å². The fraction of sp³-hybridized carbons (Fsp3) is 0.562. The van der Waals surface area contributed by atoms with Gasteiger partial charge in [0.15, 0.2) is 0 Å².